The first kappa shape index (κ1) is 16.6. The van der Waals surface area contributed by atoms with Crippen molar-refractivity contribution < 1.29 is 4.52 Å². The van der Waals surface area contributed by atoms with Crippen LogP contribution in [0.15, 0.2) is 21.2 Å². The molecule has 5 heteroatoms. The smallest absolute Gasteiger partial charge is 0.190 e. The Kier molecular flexibility index (Phi) is 6.49. The number of aromatic nitrogens is 1. The molecule has 0 aromatic carbocycles. The molecule has 0 saturated heterocycles. The van der Waals surface area contributed by atoms with Crippen molar-refractivity contribution in [3.63, 3.8) is 0 Å². The lowest BCUT2D eigenvalue weighted by atomic mass is 9.97. The van der Waals surface area contributed by atoms with E-state index in [0.29, 0.717) is 0 Å². The van der Waals surface area contributed by atoms with Crippen molar-refractivity contribution in [2.45, 2.75) is 52.4 Å². The van der Waals surface area contributed by atoms with E-state index in [9.17, 15) is 0 Å². The number of allylic oxidation sites excluding steroid dienone is 1. The molecule has 2 N–H and O–H groups in total. The van der Waals surface area contributed by atoms with Gasteiger partial charge in [0.15, 0.2) is 5.96 Å². The summed E-state index contributed by atoms with van der Waals surface area (Å²) in [5.41, 5.74) is 3.76. The van der Waals surface area contributed by atoms with Crippen LogP contribution in [0.4, 0.5) is 0 Å². The highest BCUT2D eigenvalue weighted by Gasteiger charge is 2.09. The van der Waals surface area contributed by atoms with Crippen molar-refractivity contribution in [2.75, 3.05) is 20.1 Å². The van der Waals surface area contributed by atoms with Gasteiger partial charge in [-0.2, -0.15) is 0 Å². The Bertz CT molecular complexity index is 511. The summed E-state index contributed by atoms with van der Waals surface area (Å²) >= 11 is 0. The average Bonchev–Trinajstić information content (AvgIpc) is 2.86. The minimum Gasteiger partial charge on any atom is -0.361 e. The van der Waals surface area contributed by atoms with Gasteiger partial charge in [0, 0.05) is 25.7 Å². The highest BCUT2D eigenvalue weighted by Crippen LogP contribution is 2.19. The van der Waals surface area contributed by atoms with Crippen LogP contribution in [0.2, 0.25) is 0 Å². The number of rotatable bonds is 6. The maximum absolute atomic E-state index is 5.18. The lowest BCUT2D eigenvalue weighted by Crippen LogP contribution is -2.38. The molecular formula is C17H28N4O. The van der Waals surface area contributed by atoms with Gasteiger partial charge in [0.25, 0.3) is 0 Å². The molecule has 1 aliphatic rings. The molecule has 1 heterocycles. The molecule has 1 aromatic heterocycles. The topological polar surface area (TPSA) is 62.5 Å². The molecule has 122 valence electrons. The first-order valence-electron chi connectivity index (χ1n) is 8.25. The van der Waals surface area contributed by atoms with E-state index >= 15 is 0 Å². The van der Waals surface area contributed by atoms with E-state index in [-0.39, 0.29) is 0 Å². The van der Waals surface area contributed by atoms with Crippen molar-refractivity contribution >= 4 is 5.96 Å². The van der Waals surface area contributed by atoms with E-state index in [1.807, 2.05) is 20.9 Å². The van der Waals surface area contributed by atoms with E-state index in [1.54, 1.807) is 5.57 Å². The van der Waals surface area contributed by atoms with Gasteiger partial charge in [-0.3, -0.25) is 4.99 Å². The number of aryl methyl sites for hydroxylation is 2. The van der Waals surface area contributed by atoms with Crippen LogP contribution in [-0.2, 0) is 6.42 Å². The van der Waals surface area contributed by atoms with Crippen LogP contribution in [-0.4, -0.2) is 31.3 Å². The summed E-state index contributed by atoms with van der Waals surface area (Å²) in [7, 11) is 1.81. The quantitative estimate of drug-likeness (QED) is 0.482. The molecule has 22 heavy (non-hydrogen) atoms. The molecule has 5 nitrogen and oxygen atoms in total. The Morgan fingerprint density at radius 1 is 1.23 bits per heavy atom. The maximum atomic E-state index is 5.18. The summed E-state index contributed by atoms with van der Waals surface area (Å²) < 4.78 is 5.18. The third-order valence-corrected chi connectivity index (χ3v) is 4.20. The Labute approximate surface area is 133 Å². The third-order valence-electron chi connectivity index (χ3n) is 4.20. The monoisotopic (exact) mass is 304 g/mol. The number of hydrogen-bond acceptors (Lipinski definition) is 3. The highest BCUT2D eigenvalue weighted by atomic mass is 16.5. The first-order valence-corrected chi connectivity index (χ1v) is 8.25. The minimum absolute atomic E-state index is 0.825. The average molecular weight is 304 g/mol. The molecule has 0 bridgehead atoms. The van der Waals surface area contributed by atoms with E-state index in [2.05, 4.69) is 26.9 Å². The van der Waals surface area contributed by atoms with Gasteiger partial charge >= 0.3 is 0 Å². The molecule has 0 unspecified atom stereocenters. The van der Waals surface area contributed by atoms with E-state index in [4.69, 9.17) is 4.52 Å². The number of nitrogens with zero attached hydrogens (tertiary/aromatic N) is 2. The summed E-state index contributed by atoms with van der Waals surface area (Å²) in [6.07, 6.45) is 9.62. The van der Waals surface area contributed by atoms with E-state index < -0.39 is 0 Å². The maximum Gasteiger partial charge on any atom is 0.190 e. The molecule has 0 atom stereocenters. The zero-order valence-corrected chi connectivity index (χ0v) is 14.0. The highest BCUT2D eigenvalue weighted by molar-refractivity contribution is 5.79. The third kappa shape index (κ3) is 4.90. The van der Waals surface area contributed by atoms with Crippen LogP contribution in [0.3, 0.4) is 0 Å². The molecule has 0 fully saturated rings. The van der Waals surface area contributed by atoms with E-state index in [0.717, 1.165) is 43.3 Å². The van der Waals surface area contributed by atoms with Crippen molar-refractivity contribution in [3.05, 3.63) is 28.7 Å². The Hall–Kier alpha value is -1.78. The second-order valence-electron chi connectivity index (χ2n) is 5.84. The second kappa shape index (κ2) is 8.61. The Morgan fingerprint density at radius 3 is 2.59 bits per heavy atom. The van der Waals surface area contributed by atoms with Gasteiger partial charge in [0.05, 0.1) is 5.69 Å². The van der Waals surface area contributed by atoms with Crippen LogP contribution in [0.5, 0.6) is 0 Å². The van der Waals surface area contributed by atoms with Crippen LogP contribution in [0.1, 0.15) is 49.1 Å². The standard InChI is InChI=1S/C17H28N4O/c1-13-16(14(2)22-21-13)10-12-20-17(18-3)19-11-9-15-7-5-4-6-8-15/h7H,4-6,8-12H2,1-3H3,(H2,18,19,20). The lowest BCUT2D eigenvalue weighted by molar-refractivity contribution is 0.392. The number of guanidine groups is 1. The molecule has 2 rings (SSSR count). The molecule has 0 amide bonds. The van der Waals surface area contributed by atoms with Crippen LogP contribution < -0.4 is 10.6 Å². The molecule has 1 aromatic rings. The summed E-state index contributed by atoms with van der Waals surface area (Å²) in [6, 6.07) is 0. The SMILES string of the molecule is CN=C(NCCC1=CCCCC1)NCCc1c(C)noc1C. The molecule has 0 saturated carbocycles. The number of aliphatic imine (C=N–C) groups is 1. The molecule has 0 spiro atoms. The van der Waals surface area contributed by atoms with Crippen LogP contribution in [0, 0.1) is 13.8 Å². The van der Waals surface area contributed by atoms with Crippen molar-refractivity contribution in [3.8, 4) is 0 Å². The number of hydrogen-bond donors (Lipinski definition) is 2. The fourth-order valence-corrected chi connectivity index (χ4v) is 2.86. The molecular weight excluding hydrogens is 276 g/mol. The Balaban J connectivity index is 1.68. The fourth-order valence-electron chi connectivity index (χ4n) is 2.86. The summed E-state index contributed by atoms with van der Waals surface area (Å²) in [5, 5.41) is 10.7. The van der Waals surface area contributed by atoms with Gasteiger partial charge in [0.2, 0.25) is 0 Å². The summed E-state index contributed by atoms with van der Waals surface area (Å²) in [5.74, 6) is 1.77. The van der Waals surface area contributed by atoms with Crippen molar-refractivity contribution in [1.82, 2.24) is 15.8 Å². The first-order chi connectivity index (χ1) is 10.7. The van der Waals surface area contributed by atoms with Crippen molar-refractivity contribution in [1.29, 1.82) is 0 Å². The molecule has 0 aliphatic heterocycles. The van der Waals surface area contributed by atoms with Gasteiger partial charge < -0.3 is 15.2 Å². The van der Waals surface area contributed by atoms with Crippen LogP contribution in [0.25, 0.3) is 0 Å². The second-order valence-corrected chi connectivity index (χ2v) is 5.84. The van der Waals surface area contributed by atoms with Crippen LogP contribution >= 0.6 is 0 Å². The Morgan fingerprint density at radius 2 is 2.00 bits per heavy atom. The summed E-state index contributed by atoms with van der Waals surface area (Å²) in [4.78, 5) is 4.27. The van der Waals surface area contributed by atoms with Gasteiger partial charge in [0.1, 0.15) is 5.76 Å². The van der Waals surface area contributed by atoms with Gasteiger partial charge in [-0.15, -0.1) is 0 Å². The van der Waals surface area contributed by atoms with Gasteiger partial charge in [-0.1, -0.05) is 16.8 Å². The molecule has 0 radical (unpaired) electrons. The van der Waals surface area contributed by atoms with Gasteiger partial charge in [-0.05, 0) is 52.4 Å². The minimum atomic E-state index is 0.825. The van der Waals surface area contributed by atoms with E-state index in [1.165, 1.54) is 31.2 Å². The molecule has 1 aliphatic carbocycles. The van der Waals surface area contributed by atoms with Crippen molar-refractivity contribution in [2.24, 2.45) is 4.99 Å². The zero-order valence-electron chi connectivity index (χ0n) is 14.0. The number of nitrogens with one attached hydrogen (secondary N) is 2. The normalized spacial score (nSPS) is 15.6. The summed E-state index contributed by atoms with van der Waals surface area (Å²) in [6.45, 7) is 5.71. The zero-order chi connectivity index (χ0) is 15.8. The lowest BCUT2D eigenvalue weighted by Gasteiger charge is -2.15. The predicted molar refractivity (Wildman–Crippen MR) is 90.2 cm³/mol. The largest absolute Gasteiger partial charge is 0.361 e. The fraction of sp³-hybridized carbons (Fsp3) is 0.647. The predicted octanol–water partition coefficient (Wildman–Crippen LogP) is 2.89. The van der Waals surface area contributed by atoms with Gasteiger partial charge in [-0.25, -0.2) is 0 Å².